The van der Waals surface area contributed by atoms with E-state index in [1.165, 1.54) is 6.20 Å². The highest BCUT2D eigenvalue weighted by atomic mass is 35.5. The van der Waals surface area contributed by atoms with E-state index in [0.29, 0.717) is 5.75 Å². The molecule has 0 aromatic carbocycles. The van der Waals surface area contributed by atoms with Crippen LogP contribution in [-0.4, -0.2) is 18.6 Å². The Kier molecular flexibility index (Phi) is 2.45. The Morgan fingerprint density at radius 3 is 2.73 bits per heavy atom. The summed E-state index contributed by atoms with van der Waals surface area (Å²) in [6, 6.07) is 3.18. The van der Waals surface area contributed by atoms with Crippen LogP contribution in [0, 0.1) is 0 Å². The molecule has 0 saturated carbocycles. The van der Waals surface area contributed by atoms with Crippen LogP contribution in [0.4, 0.5) is 0 Å². The van der Waals surface area contributed by atoms with Crippen molar-refractivity contribution in [2.24, 2.45) is 4.99 Å². The van der Waals surface area contributed by atoms with Gasteiger partial charge in [-0.3, -0.25) is 4.98 Å². The fourth-order valence-corrected chi connectivity index (χ4v) is 1.92. The molecule has 0 saturated heterocycles. The van der Waals surface area contributed by atoms with Crippen molar-refractivity contribution in [3.63, 3.8) is 0 Å². The molecule has 2 rings (SSSR count). The number of aliphatic imine (C=N–C) groups is 1. The number of sulfone groups is 1. The molecule has 1 aliphatic rings. The van der Waals surface area contributed by atoms with Crippen LogP contribution in [0.1, 0.15) is 0 Å². The van der Waals surface area contributed by atoms with Gasteiger partial charge in [-0.05, 0) is 12.1 Å². The smallest absolute Gasteiger partial charge is 0.321 e. The lowest BCUT2D eigenvalue weighted by Gasteiger charge is -2.03. The molecule has 2 heterocycles. The van der Waals surface area contributed by atoms with E-state index in [-0.39, 0.29) is 4.36 Å². The first-order chi connectivity index (χ1) is 7.10. The molecular weight excluding hydrogens is 240 g/mol. The zero-order chi connectivity index (χ0) is 10.9. The number of rotatable bonds is 1. The Balaban J connectivity index is 2.25. The number of hydrogen-bond donors (Lipinski definition) is 0. The van der Waals surface area contributed by atoms with Crippen molar-refractivity contribution in [3.05, 3.63) is 35.1 Å². The van der Waals surface area contributed by atoms with Crippen molar-refractivity contribution in [3.8, 4) is 5.75 Å². The van der Waals surface area contributed by atoms with Gasteiger partial charge in [0.1, 0.15) is 5.75 Å². The number of hydrogen-bond acceptors (Lipinski definition) is 5. The maximum absolute atomic E-state index is 11.4. The van der Waals surface area contributed by atoms with Crippen molar-refractivity contribution in [2.75, 3.05) is 0 Å². The average Bonchev–Trinajstić information content (AvgIpc) is 2.47. The highest BCUT2D eigenvalue weighted by Gasteiger charge is 2.30. The van der Waals surface area contributed by atoms with Crippen LogP contribution < -0.4 is 4.74 Å². The molecule has 1 aromatic rings. The first kappa shape index (κ1) is 10.1. The van der Waals surface area contributed by atoms with Crippen LogP contribution in [0.2, 0.25) is 0 Å². The van der Waals surface area contributed by atoms with Gasteiger partial charge in [-0.1, -0.05) is 11.6 Å². The average molecular weight is 245 g/mol. The van der Waals surface area contributed by atoms with E-state index in [1.54, 1.807) is 18.3 Å². The van der Waals surface area contributed by atoms with Crippen molar-refractivity contribution < 1.29 is 13.2 Å². The second kappa shape index (κ2) is 3.63. The number of halogens is 1. The third-order valence-corrected chi connectivity index (χ3v) is 3.57. The minimum Gasteiger partial charge on any atom is -0.428 e. The van der Waals surface area contributed by atoms with E-state index in [4.69, 9.17) is 16.3 Å². The predicted octanol–water partition coefficient (Wildman–Crippen LogP) is 1.28. The normalized spacial score (nSPS) is 18.2. The summed E-state index contributed by atoms with van der Waals surface area (Å²) in [4.78, 5) is 7.32. The largest absolute Gasteiger partial charge is 0.428 e. The third kappa shape index (κ3) is 1.86. The lowest BCUT2D eigenvalue weighted by Crippen LogP contribution is -2.17. The Bertz CT molecular complexity index is 536. The summed E-state index contributed by atoms with van der Waals surface area (Å²) >= 11 is 5.43. The highest BCUT2D eigenvalue weighted by Crippen LogP contribution is 2.22. The predicted molar refractivity (Wildman–Crippen MR) is 55.2 cm³/mol. The van der Waals surface area contributed by atoms with Gasteiger partial charge in [0.15, 0.2) is 4.36 Å². The first-order valence-electron chi connectivity index (χ1n) is 3.87. The van der Waals surface area contributed by atoms with Gasteiger partial charge in [0.05, 0.1) is 12.4 Å². The van der Waals surface area contributed by atoms with E-state index < -0.39 is 15.1 Å². The van der Waals surface area contributed by atoms with Gasteiger partial charge in [0.2, 0.25) is 0 Å². The van der Waals surface area contributed by atoms with Gasteiger partial charge in [0, 0.05) is 6.20 Å². The summed E-state index contributed by atoms with van der Waals surface area (Å²) in [5, 5.41) is -0.430. The van der Waals surface area contributed by atoms with Gasteiger partial charge < -0.3 is 4.74 Å². The molecular formula is C8H5ClN2O3S. The maximum atomic E-state index is 11.4. The summed E-state index contributed by atoms with van der Waals surface area (Å²) in [5.74, 6) is 0.291. The summed E-state index contributed by atoms with van der Waals surface area (Å²) in [5.41, 5.74) is 0. The van der Waals surface area contributed by atoms with Crippen molar-refractivity contribution in [1.29, 1.82) is 0 Å². The summed E-state index contributed by atoms with van der Waals surface area (Å²) in [6.45, 7) is 0. The number of nitrogens with zero attached hydrogens (tertiary/aromatic N) is 2. The summed E-state index contributed by atoms with van der Waals surface area (Å²) in [7, 11) is -3.74. The molecule has 0 aliphatic carbocycles. The van der Waals surface area contributed by atoms with Crippen LogP contribution in [-0.2, 0) is 9.84 Å². The molecule has 0 spiro atoms. The molecule has 0 unspecified atom stereocenters. The Labute approximate surface area is 91.0 Å². The fourth-order valence-electron chi connectivity index (χ4n) is 0.915. The Hall–Kier alpha value is -1.40. The monoisotopic (exact) mass is 244 g/mol. The van der Waals surface area contributed by atoms with Gasteiger partial charge in [-0.15, -0.1) is 0 Å². The summed E-state index contributed by atoms with van der Waals surface area (Å²) in [6.07, 6.45) is 3.95. The molecule has 5 nitrogen and oxygen atoms in total. The SMILES string of the molecule is O=S1(=O)C(Cl)=CN=C1Oc1cccnc1. The minimum atomic E-state index is -3.74. The topological polar surface area (TPSA) is 68.6 Å². The quantitative estimate of drug-likeness (QED) is 0.746. The molecule has 0 atom stereocenters. The third-order valence-electron chi connectivity index (χ3n) is 1.60. The van der Waals surface area contributed by atoms with Crippen molar-refractivity contribution in [2.45, 2.75) is 0 Å². The van der Waals surface area contributed by atoms with Crippen LogP contribution >= 0.6 is 11.6 Å². The van der Waals surface area contributed by atoms with Crippen molar-refractivity contribution in [1.82, 2.24) is 4.98 Å². The van der Waals surface area contributed by atoms with E-state index >= 15 is 0 Å². The zero-order valence-electron chi connectivity index (χ0n) is 7.29. The number of aromatic nitrogens is 1. The van der Waals surface area contributed by atoms with Gasteiger partial charge in [-0.2, -0.15) is 0 Å². The molecule has 78 valence electrons. The van der Waals surface area contributed by atoms with E-state index in [1.807, 2.05) is 0 Å². The second-order valence-corrected chi connectivity index (χ2v) is 5.05. The molecule has 7 heteroatoms. The second-order valence-electron chi connectivity index (χ2n) is 2.62. The molecule has 1 aliphatic heterocycles. The number of pyridine rings is 1. The highest BCUT2D eigenvalue weighted by molar-refractivity contribution is 8.10. The molecule has 0 radical (unpaired) electrons. The van der Waals surface area contributed by atoms with Gasteiger partial charge >= 0.3 is 5.23 Å². The lowest BCUT2D eigenvalue weighted by molar-refractivity contribution is 0.547. The maximum Gasteiger partial charge on any atom is 0.321 e. The lowest BCUT2D eigenvalue weighted by atomic mass is 10.5. The van der Waals surface area contributed by atoms with Crippen LogP contribution in [0.15, 0.2) is 40.1 Å². The Morgan fingerprint density at radius 2 is 2.20 bits per heavy atom. The van der Waals surface area contributed by atoms with E-state index in [0.717, 1.165) is 6.20 Å². The van der Waals surface area contributed by atoms with Crippen LogP contribution in [0.5, 0.6) is 5.75 Å². The summed E-state index contributed by atoms with van der Waals surface area (Å²) < 4.78 is 27.5. The molecule has 0 amide bonds. The standard InChI is InChI=1S/C8H5ClN2O3S/c9-7-5-11-8(15(7,12)13)14-6-2-1-3-10-4-6/h1-5H. The van der Waals surface area contributed by atoms with E-state index in [9.17, 15) is 8.42 Å². The minimum absolute atomic E-state index is 0.291. The van der Waals surface area contributed by atoms with Crippen molar-refractivity contribution >= 4 is 26.7 Å². The van der Waals surface area contributed by atoms with Crippen LogP contribution in [0.25, 0.3) is 0 Å². The van der Waals surface area contributed by atoms with Gasteiger partial charge in [-0.25, -0.2) is 13.4 Å². The Morgan fingerprint density at radius 1 is 1.40 bits per heavy atom. The van der Waals surface area contributed by atoms with Crippen LogP contribution in [0.3, 0.4) is 0 Å². The molecule has 0 N–H and O–H groups in total. The molecule has 15 heavy (non-hydrogen) atoms. The first-order valence-corrected chi connectivity index (χ1v) is 5.73. The zero-order valence-corrected chi connectivity index (χ0v) is 8.86. The number of ether oxygens (including phenoxy) is 1. The molecule has 1 aromatic heterocycles. The van der Waals surface area contributed by atoms with Gasteiger partial charge in [0.25, 0.3) is 9.84 Å². The fraction of sp³-hybridized carbons (Fsp3) is 0. The van der Waals surface area contributed by atoms with E-state index in [2.05, 4.69) is 9.98 Å². The molecule has 0 fully saturated rings. The molecule has 0 bridgehead atoms.